The number of Topliss-reactive ketones (excluding diaryl/α,β-unsaturated/α-hetero) is 1. The van der Waals surface area contributed by atoms with E-state index in [1.165, 1.54) is 11.8 Å². The van der Waals surface area contributed by atoms with Gasteiger partial charge in [0.05, 0.1) is 12.2 Å². The highest BCUT2D eigenvalue weighted by Crippen LogP contribution is 2.25. The number of rotatable bonds is 7. The molecule has 0 atom stereocenters. The van der Waals surface area contributed by atoms with Gasteiger partial charge >= 0.3 is 0 Å². The Hall–Kier alpha value is -2.71. The highest BCUT2D eigenvalue weighted by atomic mass is 32.2. The molecule has 28 heavy (non-hydrogen) atoms. The largest absolute Gasteiger partial charge is 0.416 e. The molecule has 4 aromatic rings. The number of thiazole rings is 1. The molecular weight excluding hydrogens is 392 g/mol. The van der Waals surface area contributed by atoms with Crippen molar-refractivity contribution < 1.29 is 9.21 Å². The highest BCUT2D eigenvalue weighted by molar-refractivity contribution is 7.99. The maximum atomic E-state index is 12.7. The molecule has 0 spiro atoms. The number of hydrogen-bond donors (Lipinski definition) is 0. The molecule has 0 bridgehead atoms. The molecule has 0 aliphatic carbocycles. The zero-order chi connectivity index (χ0) is 19.5. The molecule has 0 saturated heterocycles. The predicted molar refractivity (Wildman–Crippen MR) is 110 cm³/mol. The number of ketones is 1. The summed E-state index contributed by atoms with van der Waals surface area (Å²) in [5.41, 5.74) is 3.69. The second kappa shape index (κ2) is 8.12. The van der Waals surface area contributed by atoms with Crippen LogP contribution >= 0.6 is 23.1 Å². The third kappa shape index (κ3) is 3.93. The zero-order valence-corrected chi connectivity index (χ0v) is 17.1. The van der Waals surface area contributed by atoms with Crippen molar-refractivity contribution in [3.8, 4) is 5.13 Å². The van der Waals surface area contributed by atoms with Gasteiger partial charge in [0, 0.05) is 28.5 Å². The first-order valence-electron chi connectivity index (χ1n) is 8.73. The Labute approximate surface area is 170 Å². The van der Waals surface area contributed by atoms with Crippen molar-refractivity contribution in [2.75, 3.05) is 5.75 Å². The minimum absolute atomic E-state index is 0.0312. The number of aromatic nitrogens is 4. The van der Waals surface area contributed by atoms with Gasteiger partial charge < -0.3 is 4.42 Å². The summed E-state index contributed by atoms with van der Waals surface area (Å²) >= 11 is 2.81. The molecule has 6 nitrogen and oxygen atoms in total. The van der Waals surface area contributed by atoms with Crippen molar-refractivity contribution in [2.45, 2.75) is 25.5 Å². The summed E-state index contributed by atoms with van der Waals surface area (Å²) in [6, 6.07) is 11.9. The molecule has 3 heterocycles. The minimum Gasteiger partial charge on any atom is -0.416 e. The first-order valence-corrected chi connectivity index (χ1v) is 10.6. The number of carbonyl (C=O) groups excluding carboxylic acids is 1. The van der Waals surface area contributed by atoms with E-state index in [4.69, 9.17) is 4.42 Å². The van der Waals surface area contributed by atoms with Gasteiger partial charge in [0.15, 0.2) is 10.9 Å². The van der Waals surface area contributed by atoms with Crippen LogP contribution in [0.1, 0.15) is 33.2 Å². The summed E-state index contributed by atoms with van der Waals surface area (Å²) in [5, 5.41) is 11.3. The Kier molecular flexibility index (Phi) is 5.40. The highest BCUT2D eigenvalue weighted by Gasteiger charge is 2.19. The fourth-order valence-electron chi connectivity index (χ4n) is 3.01. The predicted octanol–water partition coefficient (Wildman–Crippen LogP) is 4.50. The van der Waals surface area contributed by atoms with E-state index in [9.17, 15) is 4.79 Å². The molecule has 0 amide bonds. The summed E-state index contributed by atoms with van der Waals surface area (Å²) in [6.45, 7) is 3.92. The second-order valence-electron chi connectivity index (χ2n) is 6.27. The van der Waals surface area contributed by atoms with Crippen molar-refractivity contribution in [3.05, 3.63) is 76.4 Å². The van der Waals surface area contributed by atoms with E-state index in [0.29, 0.717) is 23.1 Å². The second-order valence-corrected chi connectivity index (χ2v) is 8.07. The van der Waals surface area contributed by atoms with Crippen molar-refractivity contribution in [3.63, 3.8) is 0 Å². The van der Waals surface area contributed by atoms with Gasteiger partial charge in [-0.25, -0.2) is 4.98 Å². The smallest absolute Gasteiger partial charge is 0.277 e. The summed E-state index contributed by atoms with van der Waals surface area (Å²) < 4.78 is 7.67. The SMILES string of the molecule is Cc1cc(C(=O)CSc2nnc(Cc3ccccc3)o2)c(C)n1-c1nccs1. The number of hydrogen-bond acceptors (Lipinski definition) is 7. The van der Waals surface area contributed by atoms with Crippen molar-refractivity contribution >= 4 is 28.9 Å². The van der Waals surface area contributed by atoms with Gasteiger partial charge in [-0.2, -0.15) is 0 Å². The summed E-state index contributed by atoms with van der Waals surface area (Å²) in [5.74, 6) is 0.821. The summed E-state index contributed by atoms with van der Waals surface area (Å²) in [6.07, 6.45) is 2.34. The maximum absolute atomic E-state index is 12.7. The molecular formula is C20H18N4O2S2. The van der Waals surface area contributed by atoms with Crippen molar-refractivity contribution in [2.24, 2.45) is 0 Å². The Balaban J connectivity index is 1.42. The Morgan fingerprint density at radius 2 is 2.04 bits per heavy atom. The summed E-state index contributed by atoms with van der Waals surface area (Å²) in [7, 11) is 0. The van der Waals surface area contributed by atoms with Gasteiger partial charge in [0.2, 0.25) is 5.89 Å². The van der Waals surface area contributed by atoms with Crippen molar-refractivity contribution in [1.29, 1.82) is 0 Å². The van der Waals surface area contributed by atoms with Gasteiger partial charge in [-0.3, -0.25) is 9.36 Å². The van der Waals surface area contributed by atoms with E-state index in [2.05, 4.69) is 15.2 Å². The first-order chi connectivity index (χ1) is 13.6. The molecule has 0 aliphatic heterocycles. The van der Waals surface area contributed by atoms with Crippen LogP contribution in [-0.4, -0.2) is 31.3 Å². The molecule has 0 fully saturated rings. The van der Waals surface area contributed by atoms with Gasteiger partial charge in [0.1, 0.15) is 0 Å². The fourth-order valence-corrected chi connectivity index (χ4v) is 4.42. The van der Waals surface area contributed by atoms with Crippen LogP contribution in [0.2, 0.25) is 0 Å². The number of benzene rings is 1. The lowest BCUT2D eigenvalue weighted by atomic mass is 10.2. The Morgan fingerprint density at radius 3 is 2.79 bits per heavy atom. The zero-order valence-electron chi connectivity index (χ0n) is 15.5. The molecule has 0 saturated carbocycles. The van der Waals surface area contributed by atoms with E-state index in [-0.39, 0.29) is 11.5 Å². The molecule has 8 heteroatoms. The lowest BCUT2D eigenvalue weighted by molar-refractivity contribution is 0.102. The van der Waals surface area contributed by atoms with Crippen LogP contribution < -0.4 is 0 Å². The number of nitrogens with zero attached hydrogens (tertiary/aromatic N) is 4. The van der Waals surface area contributed by atoms with Crippen LogP contribution in [-0.2, 0) is 6.42 Å². The maximum Gasteiger partial charge on any atom is 0.277 e. The van der Waals surface area contributed by atoms with Gasteiger partial charge in [-0.15, -0.1) is 21.5 Å². The topological polar surface area (TPSA) is 73.8 Å². The quantitative estimate of drug-likeness (QED) is 0.330. The standard InChI is InChI=1S/C20H18N4O2S2/c1-13-10-16(14(2)24(13)19-21-8-9-27-19)17(25)12-28-20-23-22-18(26-20)11-15-6-4-3-5-7-15/h3-10H,11-12H2,1-2H3. The molecule has 142 valence electrons. The van der Waals surface area contributed by atoms with E-state index in [1.807, 2.05) is 60.2 Å². The van der Waals surface area contributed by atoms with E-state index < -0.39 is 0 Å². The average molecular weight is 411 g/mol. The average Bonchev–Trinajstić information content (AvgIpc) is 3.42. The minimum atomic E-state index is 0.0312. The van der Waals surface area contributed by atoms with E-state index >= 15 is 0 Å². The first kappa shape index (κ1) is 18.6. The Morgan fingerprint density at radius 1 is 1.21 bits per heavy atom. The molecule has 0 aliphatic rings. The van der Waals surface area contributed by atoms with Gasteiger partial charge in [-0.05, 0) is 25.5 Å². The lowest BCUT2D eigenvalue weighted by Crippen LogP contribution is -2.05. The third-order valence-electron chi connectivity index (χ3n) is 4.32. The van der Waals surface area contributed by atoms with E-state index in [0.717, 1.165) is 22.1 Å². The third-order valence-corrected chi connectivity index (χ3v) is 5.89. The van der Waals surface area contributed by atoms with E-state index in [1.54, 1.807) is 17.5 Å². The van der Waals surface area contributed by atoms with Crippen LogP contribution in [0, 0.1) is 13.8 Å². The van der Waals surface area contributed by atoms with Crippen molar-refractivity contribution in [1.82, 2.24) is 19.7 Å². The lowest BCUT2D eigenvalue weighted by Gasteiger charge is -2.05. The molecule has 0 unspecified atom stereocenters. The monoisotopic (exact) mass is 410 g/mol. The summed E-state index contributed by atoms with van der Waals surface area (Å²) in [4.78, 5) is 17.1. The number of aryl methyl sites for hydroxylation is 1. The molecule has 0 N–H and O–H groups in total. The van der Waals surface area contributed by atoms with Gasteiger partial charge in [0.25, 0.3) is 5.22 Å². The fraction of sp³-hybridized carbons (Fsp3) is 0.200. The van der Waals surface area contributed by atoms with Crippen LogP contribution in [0.15, 0.2) is 57.6 Å². The van der Waals surface area contributed by atoms with Crippen LogP contribution in [0.3, 0.4) is 0 Å². The molecule has 1 aromatic carbocycles. The number of thioether (sulfide) groups is 1. The van der Waals surface area contributed by atoms with Gasteiger partial charge in [-0.1, -0.05) is 42.1 Å². The normalized spacial score (nSPS) is 11.1. The number of carbonyl (C=O) groups is 1. The Bertz CT molecular complexity index is 1090. The molecule has 3 aromatic heterocycles. The van der Waals surface area contributed by atoms with Crippen LogP contribution in [0.5, 0.6) is 0 Å². The van der Waals surface area contributed by atoms with Crippen LogP contribution in [0.25, 0.3) is 5.13 Å². The molecule has 4 rings (SSSR count). The molecule has 0 radical (unpaired) electrons. The van der Waals surface area contributed by atoms with Crippen LogP contribution in [0.4, 0.5) is 0 Å².